The lowest BCUT2D eigenvalue weighted by Gasteiger charge is -2.28. The van der Waals surface area contributed by atoms with Gasteiger partial charge in [0.15, 0.2) is 5.11 Å². The molecule has 0 atom stereocenters. The molecule has 0 saturated carbocycles. The molecule has 160 valence electrons. The van der Waals surface area contributed by atoms with E-state index in [0.29, 0.717) is 16.9 Å². The zero-order valence-corrected chi connectivity index (χ0v) is 18.4. The summed E-state index contributed by atoms with van der Waals surface area (Å²) in [5.41, 5.74) is 3.60. The molecule has 1 saturated heterocycles. The number of nitrogens with zero attached hydrogens (tertiary/aromatic N) is 4. The van der Waals surface area contributed by atoms with Crippen LogP contribution in [0, 0.1) is 17.0 Å². The van der Waals surface area contributed by atoms with Crippen LogP contribution in [0.15, 0.2) is 30.3 Å². The maximum absolute atomic E-state index is 12.7. The predicted octanol–water partition coefficient (Wildman–Crippen LogP) is 4.03. The molecule has 4 rings (SSSR count). The van der Waals surface area contributed by atoms with Gasteiger partial charge in [0.05, 0.1) is 22.3 Å². The van der Waals surface area contributed by atoms with Crippen LogP contribution in [0.4, 0.5) is 17.1 Å². The SMILES string of the molecule is Cc1ccc2nsnc2c1NC(=S)NC(=O)c1ccc(N2CCCCC2)c([N+](=O)[O-])c1. The Morgan fingerprint density at radius 3 is 2.71 bits per heavy atom. The molecule has 1 aliphatic heterocycles. The highest BCUT2D eigenvalue weighted by molar-refractivity contribution is 7.80. The van der Waals surface area contributed by atoms with Gasteiger partial charge in [-0.05, 0) is 62.2 Å². The largest absolute Gasteiger partial charge is 0.366 e. The smallest absolute Gasteiger partial charge is 0.293 e. The van der Waals surface area contributed by atoms with Gasteiger partial charge in [0, 0.05) is 24.7 Å². The summed E-state index contributed by atoms with van der Waals surface area (Å²) >= 11 is 6.38. The summed E-state index contributed by atoms with van der Waals surface area (Å²) in [6, 6.07) is 8.28. The van der Waals surface area contributed by atoms with Crippen LogP contribution in [0.5, 0.6) is 0 Å². The number of amides is 1. The minimum absolute atomic E-state index is 0.0800. The lowest BCUT2D eigenvalue weighted by molar-refractivity contribution is -0.384. The van der Waals surface area contributed by atoms with Gasteiger partial charge in [0.2, 0.25) is 0 Å². The molecule has 1 aliphatic rings. The van der Waals surface area contributed by atoms with E-state index in [1.165, 1.54) is 6.07 Å². The number of piperidine rings is 1. The highest BCUT2D eigenvalue weighted by Gasteiger charge is 2.23. The number of rotatable bonds is 4. The van der Waals surface area contributed by atoms with Crippen LogP contribution >= 0.6 is 23.9 Å². The molecular weight excluding hydrogens is 436 g/mol. The van der Waals surface area contributed by atoms with Crippen molar-refractivity contribution in [3.8, 4) is 0 Å². The van der Waals surface area contributed by atoms with Gasteiger partial charge in [-0.2, -0.15) is 8.75 Å². The quantitative estimate of drug-likeness (QED) is 0.344. The molecule has 0 spiro atoms. The fourth-order valence-electron chi connectivity index (χ4n) is 3.64. The number of nitro benzene ring substituents is 1. The average molecular weight is 457 g/mol. The Bertz CT molecular complexity index is 1170. The summed E-state index contributed by atoms with van der Waals surface area (Å²) in [5.74, 6) is -0.521. The third-order valence-electron chi connectivity index (χ3n) is 5.23. The highest BCUT2D eigenvalue weighted by atomic mass is 32.1. The Morgan fingerprint density at radius 2 is 1.97 bits per heavy atom. The average Bonchev–Trinajstić information content (AvgIpc) is 3.25. The van der Waals surface area contributed by atoms with Crippen LogP contribution in [0.2, 0.25) is 0 Å². The van der Waals surface area contributed by atoms with Crippen molar-refractivity contribution in [2.45, 2.75) is 26.2 Å². The number of carbonyl (C=O) groups is 1. The topological polar surface area (TPSA) is 113 Å². The Labute approximate surface area is 187 Å². The molecule has 11 heteroatoms. The van der Waals surface area contributed by atoms with Gasteiger partial charge in [-0.3, -0.25) is 20.2 Å². The van der Waals surface area contributed by atoms with Crippen molar-refractivity contribution in [3.63, 3.8) is 0 Å². The van der Waals surface area contributed by atoms with Crippen LogP contribution in [-0.2, 0) is 0 Å². The van der Waals surface area contributed by atoms with E-state index >= 15 is 0 Å². The number of fused-ring (bicyclic) bond motifs is 1. The number of anilines is 2. The molecule has 0 aliphatic carbocycles. The second-order valence-electron chi connectivity index (χ2n) is 7.31. The van der Waals surface area contributed by atoms with E-state index in [1.807, 2.05) is 24.0 Å². The Kier molecular flexibility index (Phi) is 6.05. The van der Waals surface area contributed by atoms with E-state index in [-0.39, 0.29) is 16.4 Å². The molecule has 2 aromatic carbocycles. The first kappa shape index (κ1) is 21.1. The minimum Gasteiger partial charge on any atom is -0.366 e. The highest BCUT2D eigenvalue weighted by Crippen LogP contribution is 2.31. The number of carbonyl (C=O) groups excluding carboxylic acids is 1. The number of hydrogen-bond acceptors (Lipinski definition) is 8. The third-order valence-corrected chi connectivity index (χ3v) is 5.98. The Morgan fingerprint density at radius 1 is 1.19 bits per heavy atom. The molecule has 0 radical (unpaired) electrons. The fraction of sp³-hybridized carbons (Fsp3) is 0.300. The molecule has 2 heterocycles. The maximum atomic E-state index is 12.7. The molecule has 31 heavy (non-hydrogen) atoms. The van der Waals surface area contributed by atoms with Crippen LogP contribution < -0.4 is 15.5 Å². The van der Waals surface area contributed by atoms with Crippen molar-refractivity contribution < 1.29 is 9.72 Å². The van der Waals surface area contributed by atoms with Gasteiger partial charge >= 0.3 is 0 Å². The minimum atomic E-state index is -0.521. The number of aromatic nitrogens is 2. The number of nitro groups is 1. The monoisotopic (exact) mass is 456 g/mol. The van der Waals surface area contributed by atoms with Gasteiger partial charge in [-0.1, -0.05) is 6.07 Å². The number of aryl methyl sites for hydroxylation is 1. The molecule has 3 aromatic rings. The first-order chi connectivity index (χ1) is 14.9. The molecule has 1 aromatic heterocycles. The molecular formula is C20H20N6O3S2. The standard InChI is InChI=1S/C20H20N6O3S2/c1-12-5-7-14-18(24-31-23-14)17(12)21-20(30)22-19(27)13-6-8-15(16(11-13)26(28)29)25-9-3-2-4-10-25/h5-8,11H,2-4,9-10H2,1H3,(H2,21,22,27,30). The zero-order valence-electron chi connectivity index (χ0n) is 16.8. The Balaban J connectivity index is 1.52. The summed E-state index contributed by atoms with van der Waals surface area (Å²) < 4.78 is 8.47. The van der Waals surface area contributed by atoms with Gasteiger partial charge in [0.1, 0.15) is 16.7 Å². The second-order valence-corrected chi connectivity index (χ2v) is 8.24. The first-order valence-corrected chi connectivity index (χ1v) is 11.0. The molecule has 1 amide bonds. The summed E-state index contributed by atoms with van der Waals surface area (Å²) in [4.78, 5) is 25.9. The fourth-order valence-corrected chi connectivity index (χ4v) is 4.38. The zero-order chi connectivity index (χ0) is 22.0. The van der Waals surface area contributed by atoms with Crippen molar-refractivity contribution in [2.75, 3.05) is 23.3 Å². The number of nitrogens with one attached hydrogen (secondary N) is 2. The summed E-state index contributed by atoms with van der Waals surface area (Å²) in [7, 11) is 0. The van der Waals surface area contributed by atoms with E-state index in [4.69, 9.17) is 12.2 Å². The normalized spacial score (nSPS) is 13.8. The first-order valence-electron chi connectivity index (χ1n) is 9.81. The number of benzene rings is 2. The van der Waals surface area contributed by atoms with Gasteiger partial charge < -0.3 is 10.2 Å². The van der Waals surface area contributed by atoms with Crippen LogP contribution in [-0.4, -0.2) is 37.8 Å². The van der Waals surface area contributed by atoms with Crippen molar-refractivity contribution in [1.29, 1.82) is 0 Å². The van der Waals surface area contributed by atoms with Gasteiger partial charge in [-0.15, -0.1) is 0 Å². The molecule has 0 unspecified atom stereocenters. The third kappa shape index (κ3) is 4.47. The van der Waals surface area contributed by atoms with Crippen LogP contribution in [0.3, 0.4) is 0 Å². The summed E-state index contributed by atoms with van der Waals surface area (Å²) in [5, 5.41) is 17.3. The number of hydrogen-bond donors (Lipinski definition) is 2. The van der Waals surface area contributed by atoms with Gasteiger partial charge in [-0.25, -0.2) is 0 Å². The predicted molar refractivity (Wildman–Crippen MR) is 125 cm³/mol. The summed E-state index contributed by atoms with van der Waals surface area (Å²) in [6.45, 7) is 3.45. The maximum Gasteiger partial charge on any atom is 0.293 e. The van der Waals surface area contributed by atoms with Crippen molar-refractivity contribution in [1.82, 2.24) is 14.1 Å². The lowest BCUT2D eigenvalue weighted by atomic mass is 10.1. The van der Waals surface area contributed by atoms with E-state index in [2.05, 4.69) is 19.4 Å². The molecule has 9 nitrogen and oxygen atoms in total. The molecule has 2 N–H and O–H groups in total. The van der Waals surface area contributed by atoms with E-state index in [1.54, 1.807) is 12.1 Å². The second kappa shape index (κ2) is 8.90. The van der Waals surface area contributed by atoms with Crippen LogP contribution in [0.1, 0.15) is 35.2 Å². The van der Waals surface area contributed by atoms with E-state index < -0.39 is 10.8 Å². The van der Waals surface area contributed by atoms with Gasteiger partial charge in [0.25, 0.3) is 11.6 Å². The Hall–Kier alpha value is -3.18. The van der Waals surface area contributed by atoms with E-state index in [9.17, 15) is 14.9 Å². The molecule has 1 fully saturated rings. The van der Waals surface area contributed by atoms with Crippen LogP contribution in [0.25, 0.3) is 11.0 Å². The van der Waals surface area contributed by atoms with Crippen molar-refractivity contribution in [2.24, 2.45) is 0 Å². The molecule has 0 bridgehead atoms. The lowest BCUT2D eigenvalue weighted by Crippen LogP contribution is -2.34. The summed E-state index contributed by atoms with van der Waals surface area (Å²) in [6.07, 6.45) is 3.12. The van der Waals surface area contributed by atoms with E-state index in [0.717, 1.165) is 55.2 Å². The van der Waals surface area contributed by atoms with Crippen molar-refractivity contribution in [3.05, 3.63) is 51.6 Å². The van der Waals surface area contributed by atoms with Crippen molar-refractivity contribution >= 4 is 63.1 Å². The number of thiocarbonyl (C=S) groups is 1.